The smallest absolute Gasteiger partial charge is 0.265 e. The summed E-state index contributed by atoms with van der Waals surface area (Å²) in [5.41, 5.74) is 4.35. The Morgan fingerprint density at radius 3 is 2.49 bits per heavy atom. The SMILES string of the molecule is COc1ccc(CCn2c3nc4ccccc4nc3c3c(=O)n(C[C@H]4CCCO4)c(C)nc32)cc1OC. The molecule has 3 aromatic heterocycles. The normalized spacial score (nSPS) is 15.7. The molecule has 0 radical (unpaired) electrons. The molecule has 1 atom stereocenters. The van der Waals surface area contributed by atoms with Gasteiger partial charge < -0.3 is 18.8 Å². The number of fused-ring (bicyclic) bond motifs is 4. The maximum atomic E-state index is 13.9. The Kier molecular flexibility index (Phi) is 6.00. The third-order valence-electron chi connectivity index (χ3n) is 7.12. The van der Waals surface area contributed by atoms with E-state index in [1.807, 2.05) is 54.0 Å². The predicted molar refractivity (Wildman–Crippen MR) is 142 cm³/mol. The number of rotatable bonds is 7. The Labute approximate surface area is 213 Å². The molecule has 0 amide bonds. The van der Waals surface area contributed by atoms with E-state index in [4.69, 9.17) is 29.2 Å². The van der Waals surface area contributed by atoms with Crippen molar-refractivity contribution in [3.8, 4) is 11.5 Å². The molecule has 2 aromatic carbocycles. The van der Waals surface area contributed by atoms with Gasteiger partial charge in [-0.1, -0.05) is 18.2 Å². The molecule has 9 nitrogen and oxygen atoms in total. The molecule has 4 heterocycles. The van der Waals surface area contributed by atoms with E-state index in [1.54, 1.807) is 18.8 Å². The molecule has 0 unspecified atom stereocenters. The van der Waals surface area contributed by atoms with Crippen LogP contribution in [0.2, 0.25) is 0 Å². The van der Waals surface area contributed by atoms with Crippen LogP contribution < -0.4 is 15.0 Å². The first kappa shape index (κ1) is 23.4. The molecule has 1 aliphatic heterocycles. The van der Waals surface area contributed by atoms with Crippen molar-refractivity contribution in [2.45, 2.75) is 45.4 Å². The predicted octanol–water partition coefficient (Wildman–Crippen LogP) is 4.04. The summed E-state index contributed by atoms with van der Waals surface area (Å²) in [6.07, 6.45) is 2.68. The number of nitrogens with zero attached hydrogens (tertiary/aromatic N) is 5. The molecule has 37 heavy (non-hydrogen) atoms. The first-order valence-electron chi connectivity index (χ1n) is 12.6. The van der Waals surface area contributed by atoms with Crippen LogP contribution in [0.15, 0.2) is 47.3 Å². The van der Waals surface area contributed by atoms with Crippen LogP contribution in [0.4, 0.5) is 0 Å². The van der Waals surface area contributed by atoms with E-state index in [2.05, 4.69) is 0 Å². The molecular weight excluding hydrogens is 470 g/mol. The quantitative estimate of drug-likeness (QED) is 0.334. The van der Waals surface area contributed by atoms with Crippen LogP contribution in [0.25, 0.3) is 33.2 Å². The van der Waals surface area contributed by atoms with Crippen LogP contribution in [0, 0.1) is 6.92 Å². The van der Waals surface area contributed by atoms with E-state index in [1.165, 1.54) is 0 Å². The summed E-state index contributed by atoms with van der Waals surface area (Å²) in [6.45, 7) is 3.68. The summed E-state index contributed by atoms with van der Waals surface area (Å²) in [5, 5.41) is 0.504. The van der Waals surface area contributed by atoms with Crippen LogP contribution in [-0.4, -0.2) is 51.0 Å². The molecule has 6 rings (SSSR count). The highest BCUT2D eigenvalue weighted by Gasteiger charge is 2.24. The highest BCUT2D eigenvalue weighted by atomic mass is 16.5. The first-order chi connectivity index (χ1) is 18.1. The highest BCUT2D eigenvalue weighted by Crippen LogP contribution is 2.29. The lowest BCUT2D eigenvalue weighted by atomic mass is 10.1. The van der Waals surface area contributed by atoms with Gasteiger partial charge in [-0.15, -0.1) is 0 Å². The van der Waals surface area contributed by atoms with Crippen molar-refractivity contribution in [1.29, 1.82) is 0 Å². The Balaban J connectivity index is 1.51. The van der Waals surface area contributed by atoms with Gasteiger partial charge in [0.05, 0.1) is 37.9 Å². The molecule has 0 saturated carbocycles. The fourth-order valence-electron chi connectivity index (χ4n) is 5.19. The summed E-state index contributed by atoms with van der Waals surface area (Å²) < 4.78 is 20.4. The van der Waals surface area contributed by atoms with Gasteiger partial charge in [0.15, 0.2) is 22.8 Å². The summed E-state index contributed by atoms with van der Waals surface area (Å²) in [5.74, 6) is 2.02. The average Bonchev–Trinajstić information content (AvgIpc) is 3.54. The second-order valence-electron chi connectivity index (χ2n) is 9.38. The van der Waals surface area contributed by atoms with Crippen LogP contribution in [0.5, 0.6) is 11.5 Å². The van der Waals surface area contributed by atoms with Crippen molar-refractivity contribution in [3.63, 3.8) is 0 Å². The Bertz CT molecular complexity index is 1680. The number of ether oxygens (including phenoxy) is 3. The van der Waals surface area contributed by atoms with Crippen LogP contribution in [0.3, 0.4) is 0 Å². The zero-order chi connectivity index (χ0) is 25.5. The molecule has 9 heteroatoms. The van der Waals surface area contributed by atoms with Gasteiger partial charge in [-0.2, -0.15) is 0 Å². The Hall–Kier alpha value is -3.98. The standard InChI is InChI=1S/C28H29N5O4/c1-17-29-26-24(28(34)33(17)16-19-7-6-14-37-19)25-27(31-21-9-5-4-8-20(21)30-25)32(26)13-12-18-10-11-22(35-2)23(15-18)36-3/h4-5,8-11,15,19H,6-7,12-14,16H2,1-3H3/t19-/m1/s1. The van der Waals surface area contributed by atoms with Gasteiger partial charge in [0.25, 0.3) is 5.56 Å². The third kappa shape index (κ3) is 4.09. The molecule has 5 aromatic rings. The molecule has 0 N–H and O–H groups in total. The van der Waals surface area contributed by atoms with E-state index >= 15 is 0 Å². The fraction of sp³-hybridized carbons (Fsp3) is 0.357. The zero-order valence-corrected chi connectivity index (χ0v) is 21.2. The van der Waals surface area contributed by atoms with Crippen molar-refractivity contribution in [2.24, 2.45) is 0 Å². The van der Waals surface area contributed by atoms with Crippen molar-refractivity contribution < 1.29 is 14.2 Å². The monoisotopic (exact) mass is 499 g/mol. The number of aryl methyl sites for hydroxylation is 3. The van der Waals surface area contributed by atoms with Crippen LogP contribution in [-0.2, 0) is 24.2 Å². The van der Waals surface area contributed by atoms with Gasteiger partial charge in [-0.05, 0) is 56.0 Å². The van der Waals surface area contributed by atoms with Crippen molar-refractivity contribution in [3.05, 3.63) is 64.2 Å². The lowest BCUT2D eigenvalue weighted by molar-refractivity contribution is 0.0955. The average molecular weight is 500 g/mol. The summed E-state index contributed by atoms with van der Waals surface area (Å²) in [7, 11) is 3.25. The molecule has 190 valence electrons. The molecule has 0 spiro atoms. The van der Waals surface area contributed by atoms with Gasteiger partial charge >= 0.3 is 0 Å². The molecular formula is C28H29N5O4. The lowest BCUT2D eigenvalue weighted by Gasteiger charge is -2.14. The van der Waals surface area contributed by atoms with Crippen LogP contribution in [0.1, 0.15) is 24.2 Å². The van der Waals surface area contributed by atoms with Crippen molar-refractivity contribution in [1.82, 2.24) is 24.1 Å². The molecule has 1 aliphatic rings. The van der Waals surface area contributed by atoms with Crippen molar-refractivity contribution in [2.75, 3.05) is 20.8 Å². The van der Waals surface area contributed by atoms with Gasteiger partial charge in [0.2, 0.25) is 0 Å². The minimum atomic E-state index is -0.0996. The van der Waals surface area contributed by atoms with Gasteiger partial charge in [0.1, 0.15) is 16.7 Å². The second-order valence-corrected chi connectivity index (χ2v) is 9.38. The Morgan fingerprint density at radius 2 is 1.76 bits per heavy atom. The maximum absolute atomic E-state index is 13.9. The lowest BCUT2D eigenvalue weighted by Crippen LogP contribution is -2.29. The largest absolute Gasteiger partial charge is 0.493 e. The van der Waals surface area contributed by atoms with E-state index in [-0.39, 0.29) is 11.7 Å². The summed E-state index contributed by atoms with van der Waals surface area (Å²) in [4.78, 5) is 28.6. The number of para-hydroxylation sites is 2. The van der Waals surface area contributed by atoms with E-state index in [0.717, 1.165) is 36.0 Å². The summed E-state index contributed by atoms with van der Waals surface area (Å²) >= 11 is 0. The molecule has 1 saturated heterocycles. The molecule has 1 fully saturated rings. The Morgan fingerprint density at radius 1 is 0.973 bits per heavy atom. The van der Waals surface area contributed by atoms with Gasteiger partial charge in [0, 0.05) is 13.2 Å². The van der Waals surface area contributed by atoms with Crippen molar-refractivity contribution >= 4 is 33.2 Å². The minimum Gasteiger partial charge on any atom is -0.493 e. The minimum absolute atomic E-state index is 0.0287. The maximum Gasteiger partial charge on any atom is 0.265 e. The molecule has 0 aliphatic carbocycles. The summed E-state index contributed by atoms with van der Waals surface area (Å²) in [6, 6.07) is 13.6. The number of benzene rings is 2. The number of methoxy groups -OCH3 is 2. The topological polar surface area (TPSA) is 93.3 Å². The van der Waals surface area contributed by atoms with E-state index in [0.29, 0.717) is 59.0 Å². The van der Waals surface area contributed by atoms with Gasteiger partial charge in [-0.3, -0.25) is 9.36 Å². The highest BCUT2D eigenvalue weighted by molar-refractivity contribution is 6.04. The zero-order valence-electron chi connectivity index (χ0n) is 21.2. The van der Waals surface area contributed by atoms with E-state index in [9.17, 15) is 4.79 Å². The number of aromatic nitrogens is 5. The third-order valence-corrected chi connectivity index (χ3v) is 7.12. The second kappa shape index (κ2) is 9.48. The van der Waals surface area contributed by atoms with Crippen LogP contribution >= 0.6 is 0 Å². The van der Waals surface area contributed by atoms with E-state index < -0.39 is 0 Å². The molecule has 0 bridgehead atoms. The fourth-order valence-corrected chi connectivity index (χ4v) is 5.19. The first-order valence-corrected chi connectivity index (χ1v) is 12.6. The number of hydrogen-bond acceptors (Lipinski definition) is 7. The number of hydrogen-bond donors (Lipinski definition) is 0. The van der Waals surface area contributed by atoms with Gasteiger partial charge in [-0.25, -0.2) is 15.0 Å².